The SMILES string of the molecule is CCNC(=NCc1ccccc1OC(F)F)NCCCNC(=O)c1cccc(O)c1.I. The zero-order chi connectivity index (χ0) is 21.8. The lowest BCUT2D eigenvalue weighted by Gasteiger charge is -2.13. The largest absolute Gasteiger partial charge is 0.508 e. The van der Waals surface area contributed by atoms with Gasteiger partial charge < -0.3 is 25.8 Å². The molecule has 0 spiro atoms. The number of amides is 1. The summed E-state index contributed by atoms with van der Waals surface area (Å²) in [5.41, 5.74) is 0.941. The van der Waals surface area contributed by atoms with Crippen molar-refractivity contribution in [2.75, 3.05) is 19.6 Å². The van der Waals surface area contributed by atoms with Crippen molar-refractivity contribution in [1.29, 1.82) is 0 Å². The Hall–Kier alpha value is -2.63. The highest BCUT2D eigenvalue weighted by atomic mass is 127. The van der Waals surface area contributed by atoms with E-state index in [1.54, 1.807) is 30.3 Å². The summed E-state index contributed by atoms with van der Waals surface area (Å²) in [6.07, 6.45) is 0.639. The van der Waals surface area contributed by atoms with Crippen LogP contribution in [-0.2, 0) is 6.54 Å². The van der Waals surface area contributed by atoms with Gasteiger partial charge in [-0.25, -0.2) is 4.99 Å². The van der Waals surface area contributed by atoms with Crippen LogP contribution in [-0.4, -0.2) is 43.2 Å². The minimum Gasteiger partial charge on any atom is -0.508 e. The molecular formula is C21H27F2IN4O3. The summed E-state index contributed by atoms with van der Waals surface area (Å²) in [6, 6.07) is 12.7. The Morgan fingerprint density at radius 3 is 2.55 bits per heavy atom. The Morgan fingerprint density at radius 2 is 1.84 bits per heavy atom. The number of hydrogen-bond donors (Lipinski definition) is 4. The van der Waals surface area contributed by atoms with Crippen LogP contribution >= 0.6 is 24.0 Å². The number of guanidine groups is 1. The van der Waals surface area contributed by atoms with Crippen LogP contribution < -0.4 is 20.7 Å². The summed E-state index contributed by atoms with van der Waals surface area (Å²) >= 11 is 0. The number of phenolic OH excluding ortho intramolecular Hbond substituents is 1. The van der Waals surface area contributed by atoms with Gasteiger partial charge in [-0.3, -0.25) is 4.79 Å². The van der Waals surface area contributed by atoms with Crippen molar-refractivity contribution in [2.45, 2.75) is 26.5 Å². The monoisotopic (exact) mass is 548 g/mol. The number of para-hydroxylation sites is 1. The molecule has 0 bridgehead atoms. The van der Waals surface area contributed by atoms with E-state index in [9.17, 15) is 18.7 Å². The highest BCUT2D eigenvalue weighted by Gasteiger charge is 2.09. The standard InChI is InChI=1S/C21H26F2N4O3.HI/c1-2-24-21(27-14-16-7-3-4-10-18(16)30-20(22)23)26-12-6-11-25-19(29)15-8-5-9-17(28)13-15;/h3-5,7-10,13,20,28H,2,6,11-12,14H2,1H3,(H,25,29)(H2,24,26,27);1H. The zero-order valence-electron chi connectivity index (χ0n) is 17.1. The predicted molar refractivity (Wildman–Crippen MR) is 126 cm³/mol. The summed E-state index contributed by atoms with van der Waals surface area (Å²) in [5, 5.41) is 18.4. The van der Waals surface area contributed by atoms with Gasteiger partial charge in [-0.05, 0) is 37.6 Å². The summed E-state index contributed by atoms with van der Waals surface area (Å²) in [6.45, 7) is 0.812. The molecule has 2 aromatic rings. The van der Waals surface area contributed by atoms with E-state index in [1.807, 2.05) is 6.92 Å². The van der Waals surface area contributed by atoms with Gasteiger partial charge in [0.1, 0.15) is 11.5 Å². The number of halogens is 3. The van der Waals surface area contributed by atoms with Gasteiger partial charge in [-0.2, -0.15) is 8.78 Å². The van der Waals surface area contributed by atoms with Crippen LogP contribution in [0.15, 0.2) is 53.5 Å². The first-order chi connectivity index (χ1) is 14.5. The number of benzene rings is 2. The minimum absolute atomic E-state index is 0. The average Bonchev–Trinajstić information content (AvgIpc) is 2.72. The molecule has 2 rings (SSSR count). The number of nitrogens with one attached hydrogen (secondary N) is 3. The third kappa shape index (κ3) is 9.81. The molecule has 0 aliphatic carbocycles. The Balaban J connectivity index is 0.00000480. The van der Waals surface area contributed by atoms with E-state index < -0.39 is 6.61 Å². The molecule has 0 aliphatic heterocycles. The van der Waals surface area contributed by atoms with E-state index in [1.165, 1.54) is 18.2 Å². The molecule has 0 saturated carbocycles. The van der Waals surface area contributed by atoms with Crippen LogP contribution in [0.25, 0.3) is 0 Å². The molecule has 0 fully saturated rings. The van der Waals surface area contributed by atoms with Gasteiger partial charge in [0.05, 0.1) is 6.54 Å². The second-order valence-electron chi connectivity index (χ2n) is 6.27. The van der Waals surface area contributed by atoms with Crippen LogP contribution in [0.3, 0.4) is 0 Å². The van der Waals surface area contributed by atoms with Crippen LogP contribution in [0.1, 0.15) is 29.3 Å². The molecule has 0 aliphatic rings. The van der Waals surface area contributed by atoms with Crippen molar-refractivity contribution < 1.29 is 23.4 Å². The lowest BCUT2D eigenvalue weighted by atomic mass is 10.2. The fraction of sp³-hybridized carbons (Fsp3) is 0.333. The van der Waals surface area contributed by atoms with E-state index in [0.717, 1.165) is 0 Å². The number of hydrogen-bond acceptors (Lipinski definition) is 4. The van der Waals surface area contributed by atoms with Gasteiger partial charge in [0, 0.05) is 30.8 Å². The van der Waals surface area contributed by atoms with Gasteiger partial charge in [0.25, 0.3) is 5.91 Å². The first kappa shape index (κ1) is 26.4. The van der Waals surface area contributed by atoms with Crippen molar-refractivity contribution in [2.24, 2.45) is 4.99 Å². The number of nitrogens with zero attached hydrogens (tertiary/aromatic N) is 1. The van der Waals surface area contributed by atoms with E-state index >= 15 is 0 Å². The molecule has 1 amide bonds. The normalized spacial score (nSPS) is 10.9. The second kappa shape index (κ2) is 14.4. The van der Waals surface area contributed by atoms with Crippen molar-refractivity contribution >= 4 is 35.8 Å². The Kier molecular flexibility index (Phi) is 12.3. The maximum Gasteiger partial charge on any atom is 0.387 e. The maximum atomic E-state index is 12.5. The molecule has 7 nitrogen and oxygen atoms in total. The van der Waals surface area contributed by atoms with Crippen molar-refractivity contribution in [3.63, 3.8) is 0 Å². The Morgan fingerprint density at radius 1 is 1.10 bits per heavy atom. The molecule has 0 atom stereocenters. The van der Waals surface area contributed by atoms with Crippen LogP contribution in [0.2, 0.25) is 0 Å². The van der Waals surface area contributed by atoms with Crippen LogP contribution in [0, 0.1) is 0 Å². The fourth-order valence-corrected chi connectivity index (χ4v) is 2.60. The van der Waals surface area contributed by atoms with Gasteiger partial charge in [0.2, 0.25) is 0 Å². The highest BCUT2D eigenvalue weighted by molar-refractivity contribution is 14.0. The number of alkyl halides is 2. The fourth-order valence-electron chi connectivity index (χ4n) is 2.60. The van der Waals surface area contributed by atoms with Gasteiger partial charge in [-0.1, -0.05) is 24.3 Å². The lowest BCUT2D eigenvalue weighted by Crippen LogP contribution is -2.38. The third-order valence-corrected chi connectivity index (χ3v) is 3.98. The molecule has 2 aromatic carbocycles. The Labute approximate surface area is 197 Å². The molecule has 0 radical (unpaired) electrons. The molecule has 0 heterocycles. The summed E-state index contributed by atoms with van der Waals surface area (Å²) in [4.78, 5) is 16.4. The number of aliphatic imine (C=N–C) groups is 1. The van der Waals surface area contributed by atoms with Crippen molar-refractivity contribution in [3.8, 4) is 11.5 Å². The van der Waals surface area contributed by atoms with E-state index in [4.69, 9.17) is 0 Å². The zero-order valence-corrected chi connectivity index (χ0v) is 19.4. The summed E-state index contributed by atoms with van der Waals surface area (Å²) in [7, 11) is 0. The number of rotatable bonds is 10. The maximum absolute atomic E-state index is 12.5. The van der Waals surface area contributed by atoms with E-state index in [-0.39, 0.29) is 47.9 Å². The average molecular weight is 548 g/mol. The smallest absolute Gasteiger partial charge is 0.387 e. The van der Waals surface area contributed by atoms with E-state index in [0.29, 0.717) is 43.1 Å². The number of ether oxygens (including phenoxy) is 1. The van der Waals surface area contributed by atoms with Crippen molar-refractivity contribution in [1.82, 2.24) is 16.0 Å². The molecule has 0 unspecified atom stereocenters. The quantitative estimate of drug-likeness (QED) is 0.158. The third-order valence-electron chi connectivity index (χ3n) is 3.98. The molecule has 4 N–H and O–H groups in total. The number of carbonyl (C=O) groups is 1. The van der Waals surface area contributed by atoms with Crippen LogP contribution in [0.5, 0.6) is 11.5 Å². The second-order valence-corrected chi connectivity index (χ2v) is 6.27. The topological polar surface area (TPSA) is 95.0 Å². The summed E-state index contributed by atoms with van der Waals surface area (Å²) in [5.74, 6) is 0.406. The summed E-state index contributed by atoms with van der Waals surface area (Å²) < 4.78 is 29.6. The number of aromatic hydroxyl groups is 1. The number of phenols is 1. The lowest BCUT2D eigenvalue weighted by molar-refractivity contribution is -0.0504. The van der Waals surface area contributed by atoms with Gasteiger partial charge >= 0.3 is 6.61 Å². The first-order valence-corrected chi connectivity index (χ1v) is 9.61. The molecule has 0 saturated heterocycles. The molecule has 170 valence electrons. The van der Waals surface area contributed by atoms with Gasteiger partial charge in [-0.15, -0.1) is 24.0 Å². The van der Waals surface area contributed by atoms with Gasteiger partial charge in [0.15, 0.2) is 5.96 Å². The Bertz CT molecular complexity index is 853. The first-order valence-electron chi connectivity index (χ1n) is 9.61. The highest BCUT2D eigenvalue weighted by Crippen LogP contribution is 2.20. The minimum atomic E-state index is -2.89. The molecule has 0 aromatic heterocycles. The van der Waals surface area contributed by atoms with Crippen molar-refractivity contribution in [3.05, 3.63) is 59.7 Å². The molecule has 31 heavy (non-hydrogen) atoms. The predicted octanol–water partition coefficient (Wildman–Crippen LogP) is 3.49. The van der Waals surface area contributed by atoms with E-state index in [2.05, 4.69) is 25.7 Å². The van der Waals surface area contributed by atoms with Crippen LogP contribution in [0.4, 0.5) is 8.78 Å². The number of carbonyl (C=O) groups excluding carboxylic acids is 1. The molecular weight excluding hydrogens is 521 g/mol. The molecule has 10 heteroatoms.